The standard InChI is InChI=1S/C21H35NO4/c1-2-3-4-5-7-10-15-25-18-12-13-19(21(23)24)20(17-18)26-16-11-8-6-9-14-22/h12-13,17H,2-11,14-16,22H2,1H3,(H,23,24). The van der Waals surface area contributed by atoms with Crippen molar-refractivity contribution in [3.8, 4) is 11.5 Å². The van der Waals surface area contributed by atoms with Crippen LogP contribution in [-0.4, -0.2) is 30.8 Å². The Morgan fingerprint density at radius 2 is 1.54 bits per heavy atom. The smallest absolute Gasteiger partial charge is 0.339 e. The van der Waals surface area contributed by atoms with Gasteiger partial charge in [0.2, 0.25) is 0 Å². The van der Waals surface area contributed by atoms with Crippen LogP contribution in [0.15, 0.2) is 18.2 Å². The van der Waals surface area contributed by atoms with Crippen LogP contribution in [0.25, 0.3) is 0 Å². The molecule has 5 nitrogen and oxygen atoms in total. The molecule has 26 heavy (non-hydrogen) atoms. The zero-order chi connectivity index (χ0) is 19.0. The molecule has 0 bridgehead atoms. The average molecular weight is 366 g/mol. The van der Waals surface area contributed by atoms with E-state index in [1.807, 2.05) is 0 Å². The summed E-state index contributed by atoms with van der Waals surface area (Å²) in [5, 5.41) is 9.31. The highest BCUT2D eigenvalue weighted by Gasteiger charge is 2.12. The first kappa shape index (κ1) is 22.3. The van der Waals surface area contributed by atoms with Crippen LogP contribution in [0, 0.1) is 0 Å². The number of aromatic carboxylic acids is 1. The molecule has 0 aromatic heterocycles. The summed E-state index contributed by atoms with van der Waals surface area (Å²) in [6.45, 7) is 4.08. The highest BCUT2D eigenvalue weighted by Crippen LogP contribution is 2.26. The molecule has 0 unspecified atom stereocenters. The van der Waals surface area contributed by atoms with E-state index >= 15 is 0 Å². The van der Waals surface area contributed by atoms with Gasteiger partial charge in [-0.15, -0.1) is 0 Å². The van der Waals surface area contributed by atoms with Crippen molar-refractivity contribution in [2.75, 3.05) is 19.8 Å². The van der Waals surface area contributed by atoms with Crippen LogP contribution in [0.3, 0.4) is 0 Å². The molecular formula is C21H35NO4. The Balaban J connectivity index is 2.41. The molecular weight excluding hydrogens is 330 g/mol. The lowest BCUT2D eigenvalue weighted by Crippen LogP contribution is -2.06. The molecule has 3 N–H and O–H groups in total. The Morgan fingerprint density at radius 1 is 0.923 bits per heavy atom. The van der Waals surface area contributed by atoms with Gasteiger partial charge in [-0.05, 0) is 37.9 Å². The molecule has 0 amide bonds. The highest BCUT2D eigenvalue weighted by molar-refractivity contribution is 5.91. The normalized spacial score (nSPS) is 10.7. The maximum absolute atomic E-state index is 11.4. The number of ether oxygens (including phenoxy) is 2. The van der Waals surface area contributed by atoms with E-state index in [0.29, 0.717) is 31.3 Å². The molecule has 1 aromatic rings. The maximum atomic E-state index is 11.4. The van der Waals surface area contributed by atoms with Crippen molar-refractivity contribution >= 4 is 5.97 Å². The molecule has 0 aliphatic heterocycles. The molecule has 0 saturated carbocycles. The van der Waals surface area contributed by atoms with Gasteiger partial charge < -0.3 is 20.3 Å². The van der Waals surface area contributed by atoms with E-state index in [1.54, 1.807) is 18.2 Å². The second-order valence-electron chi connectivity index (χ2n) is 6.63. The molecule has 0 spiro atoms. The Morgan fingerprint density at radius 3 is 2.19 bits per heavy atom. The van der Waals surface area contributed by atoms with Crippen LogP contribution < -0.4 is 15.2 Å². The minimum atomic E-state index is -0.981. The third-order valence-electron chi connectivity index (χ3n) is 4.31. The van der Waals surface area contributed by atoms with Crippen LogP contribution in [-0.2, 0) is 0 Å². The van der Waals surface area contributed by atoms with E-state index in [0.717, 1.165) is 32.1 Å². The summed E-state index contributed by atoms with van der Waals surface area (Å²) in [7, 11) is 0. The number of hydrogen-bond donors (Lipinski definition) is 2. The summed E-state index contributed by atoms with van der Waals surface area (Å²) in [6, 6.07) is 4.96. The van der Waals surface area contributed by atoms with Crippen molar-refractivity contribution in [3.05, 3.63) is 23.8 Å². The van der Waals surface area contributed by atoms with Crippen LogP contribution in [0.1, 0.15) is 81.5 Å². The van der Waals surface area contributed by atoms with Crippen LogP contribution >= 0.6 is 0 Å². The van der Waals surface area contributed by atoms with Crippen LogP contribution in [0.5, 0.6) is 11.5 Å². The monoisotopic (exact) mass is 365 g/mol. The second kappa shape index (κ2) is 14.4. The van der Waals surface area contributed by atoms with E-state index in [9.17, 15) is 9.90 Å². The van der Waals surface area contributed by atoms with Crippen LogP contribution in [0.2, 0.25) is 0 Å². The van der Waals surface area contributed by atoms with Gasteiger partial charge in [0.05, 0.1) is 13.2 Å². The van der Waals surface area contributed by atoms with E-state index < -0.39 is 5.97 Å². The van der Waals surface area contributed by atoms with Gasteiger partial charge in [-0.2, -0.15) is 0 Å². The van der Waals surface area contributed by atoms with Crippen LogP contribution in [0.4, 0.5) is 0 Å². The summed E-state index contributed by atoms with van der Waals surface area (Å²) in [5.41, 5.74) is 5.65. The second-order valence-corrected chi connectivity index (χ2v) is 6.63. The van der Waals surface area contributed by atoms with E-state index in [-0.39, 0.29) is 5.56 Å². The first-order valence-corrected chi connectivity index (χ1v) is 10.0. The lowest BCUT2D eigenvalue weighted by Gasteiger charge is -2.12. The summed E-state index contributed by atoms with van der Waals surface area (Å²) >= 11 is 0. The van der Waals surface area contributed by atoms with Gasteiger partial charge in [0.15, 0.2) is 0 Å². The predicted molar refractivity (Wildman–Crippen MR) is 105 cm³/mol. The van der Waals surface area contributed by atoms with Gasteiger partial charge in [0, 0.05) is 6.07 Å². The fourth-order valence-corrected chi connectivity index (χ4v) is 2.74. The molecule has 0 heterocycles. The van der Waals surface area contributed by atoms with Crippen molar-refractivity contribution in [2.24, 2.45) is 5.73 Å². The van der Waals surface area contributed by atoms with Crippen molar-refractivity contribution in [1.29, 1.82) is 0 Å². The van der Waals surface area contributed by atoms with Crippen molar-refractivity contribution in [2.45, 2.75) is 71.1 Å². The summed E-state index contributed by atoms with van der Waals surface area (Å²) < 4.78 is 11.5. The number of carboxylic acids is 1. The largest absolute Gasteiger partial charge is 0.493 e. The van der Waals surface area contributed by atoms with Crippen molar-refractivity contribution in [1.82, 2.24) is 0 Å². The van der Waals surface area contributed by atoms with Gasteiger partial charge in [0.1, 0.15) is 17.1 Å². The number of rotatable bonds is 16. The molecule has 1 rings (SSSR count). The number of carbonyl (C=O) groups is 1. The first-order valence-electron chi connectivity index (χ1n) is 10.0. The molecule has 0 fully saturated rings. The van der Waals surface area contributed by atoms with Gasteiger partial charge in [0.25, 0.3) is 0 Å². The summed E-state index contributed by atoms with van der Waals surface area (Å²) in [5.74, 6) is 0.0732. The number of hydrogen-bond acceptors (Lipinski definition) is 4. The molecule has 0 aliphatic carbocycles. The lowest BCUT2D eigenvalue weighted by molar-refractivity contribution is 0.0692. The molecule has 0 aliphatic rings. The van der Waals surface area contributed by atoms with E-state index in [4.69, 9.17) is 15.2 Å². The zero-order valence-corrected chi connectivity index (χ0v) is 16.2. The molecule has 1 aromatic carbocycles. The lowest BCUT2D eigenvalue weighted by atomic mass is 10.1. The third kappa shape index (κ3) is 9.66. The maximum Gasteiger partial charge on any atom is 0.339 e. The SMILES string of the molecule is CCCCCCCCOc1ccc(C(=O)O)c(OCCCCCCN)c1. The quantitative estimate of drug-likeness (QED) is 0.402. The van der Waals surface area contributed by atoms with Gasteiger partial charge >= 0.3 is 5.97 Å². The fraction of sp³-hybridized carbons (Fsp3) is 0.667. The van der Waals surface area contributed by atoms with Crippen molar-refractivity contribution in [3.63, 3.8) is 0 Å². The average Bonchev–Trinajstić information content (AvgIpc) is 2.63. The van der Waals surface area contributed by atoms with Gasteiger partial charge in [-0.3, -0.25) is 0 Å². The topological polar surface area (TPSA) is 81.8 Å². The Bertz CT molecular complexity index is 505. The Hall–Kier alpha value is -1.75. The fourth-order valence-electron chi connectivity index (χ4n) is 2.74. The Kier molecular flexibility index (Phi) is 12.4. The van der Waals surface area contributed by atoms with E-state index in [2.05, 4.69) is 6.92 Å². The minimum absolute atomic E-state index is 0.180. The third-order valence-corrected chi connectivity index (χ3v) is 4.31. The molecule has 148 valence electrons. The number of nitrogens with two attached hydrogens (primary N) is 1. The molecule has 0 saturated heterocycles. The van der Waals surface area contributed by atoms with Gasteiger partial charge in [-0.1, -0.05) is 51.9 Å². The minimum Gasteiger partial charge on any atom is -0.493 e. The highest BCUT2D eigenvalue weighted by atomic mass is 16.5. The Labute approximate surface area is 157 Å². The number of benzene rings is 1. The molecule has 0 radical (unpaired) electrons. The van der Waals surface area contributed by atoms with E-state index in [1.165, 1.54) is 32.1 Å². The van der Waals surface area contributed by atoms with Gasteiger partial charge in [-0.25, -0.2) is 4.79 Å². The summed E-state index contributed by atoms with van der Waals surface area (Å²) in [6.07, 6.45) is 11.3. The van der Waals surface area contributed by atoms with Crippen molar-refractivity contribution < 1.29 is 19.4 Å². The molecule has 0 atom stereocenters. The number of carboxylic acid groups (broad SMARTS) is 1. The zero-order valence-electron chi connectivity index (χ0n) is 16.2. The first-order chi connectivity index (χ1) is 12.7. The predicted octanol–water partition coefficient (Wildman–Crippen LogP) is 5.02. The number of unbranched alkanes of at least 4 members (excludes halogenated alkanes) is 8. The molecule has 5 heteroatoms. The summed E-state index contributed by atoms with van der Waals surface area (Å²) in [4.78, 5) is 11.4.